The lowest BCUT2D eigenvalue weighted by Crippen LogP contribution is -2.47. The molecule has 0 spiro atoms. The second-order valence-electron chi connectivity index (χ2n) is 7.70. The molecule has 3 aromatic carbocycles. The highest BCUT2D eigenvalue weighted by atomic mass is 16.2. The summed E-state index contributed by atoms with van der Waals surface area (Å²) in [7, 11) is 0. The van der Waals surface area contributed by atoms with Crippen molar-refractivity contribution in [2.75, 3.05) is 37.6 Å². The van der Waals surface area contributed by atoms with Crippen molar-refractivity contribution in [3.05, 3.63) is 90.5 Å². The highest BCUT2D eigenvalue weighted by Gasteiger charge is 2.17. The summed E-state index contributed by atoms with van der Waals surface area (Å²) in [5.41, 5.74) is 7.22. The van der Waals surface area contributed by atoms with Crippen molar-refractivity contribution in [2.24, 2.45) is 5.10 Å². The van der Waals surface area contributed by atoms with E-state index in [-0.39, 0.29) is 5.91 Å². The van der Waals surface area contributed by atoms with E-state index >= 15 is 0 Å². The molecule has 4 rings (SSSR count). The summed E-state index contributed by atoms with van der Waals surface area (Å²) in [6.45, 7) is 4.68. The van der Waals surface area contributed by atoms with Crippen LogP contribution in [-0.2, 0) is 4.79 Å². The fraction of sp³-hybridized carbons (Fsp3) is 0.231. The SMILES string of the molecule is O=C(CCN1CCN(c2ccccc2)CC1)N/N=C/c1ccc(-c2ccccc2)cc1. The minimum absolute atomic E-state index is 0.0531. The molecular formula is C26H28N4O. The van der Waals surface area contributed by atoms with Crippen molar-refractivity contribution in [1.82, 2.24) is 10.3 Å². The molecule has 0 unspecified atom stereocenters. The summed E-state index contributed by atoms with van der Waals surface area (Å²) in [6.07, 6.45) is 2.14. The second-order valence-corrected chi connectivity index (χ2v) is 7.70. The number of benzene rings is 3. The Morgan fingerprint density at radius 1 is 0.806 bits per heavy atom. The third-order valence-corrected chi connectivity index (χ3v) is 5.57. The number of hydrogen-bond donors (Lipinski definition) is 1. The van der Waals surface area contributed by atoms with Crippen LogP contribution in [0.25, 0.3) is 11.1 Å². The number of amides is 1. The summed E-state index contributed by atoms with van der Waals surface area (Å²) in [5.74, 6) is -0.0531. The van der Waals surface area contributed by atoms with Crippen LogP contribution >= 0.6 is 0 Å². The summed E-state index contributed by atoms with van der Waals surface area (Å²) < 4.78 is 0. The molecule has 0 atom stereocenters. The number of para-hydroxylation sites is 1. The summed E-state index contributed by atoms with van der Waals surface area (Å²) >= 11 is 0. The number of hydrogen-bond acceptors (Lipinski definition) is 4. The lowest BCUT2D eigenvalue weighted by molar-refractivity contribution is -0.121. The number of hydrazone groups is 1. The van der Waals surface area contributed by atoms with Crippen LogP contribution in [0.4, 0.5) is 5.69 Å². The van der Waals surface area contributed by atoms with Gasteiger partial charge >= 0.3 is 0 Å². The predicted octanol–water partition coefficient (Wildman–Crippen LogP) is 4.02. The molecule has 1 fully saturated rings. The molecule has 3 aromatic rings. The maximum atomic E-state index is 12.1. The van der Waals surface area contributed by atoms with Gasteiger partial charge in [-0.25, -0.2) is 5.43 Å². The fourth-order valence-corrected chi connectivity index (χ4v) is 3.76. The van der Waals surface area contributed by atoms with Crippen LogP contribution in [0.1, 0.15) is 12.0 Å². The first-order valence-electron chi connectivity index (χ1n) is 10.8. The van der Waals surface area contributed by atoms with Gasteiger partial charge in [0, 0.05) is 44.8 Å². The minimum Gasteiger partial charge on any atom is -0.369 e. The van der Waals surface area contributed by atoms with Gasteiger partial charge in [0.15, 0.2) is 0 Å². The van der Waals surface area contributed by atoms with Gasteiger partial charge in [0.1, 0.15) is 0 Å². The molecule has 1 heterocycles. The van der Waals surface area contributed by atoms with Gasteiger partial charge in [0.2, 0.25) is 5.91 Å². The zero-order chi connectivity index (χ0) is 21.3. The molecule has 5 nitrogen and oxygen atoms in total. The minimum atomic E-state index is -0.0531. The van der Waals surface area contributed by atoms with E-state index in [0.717, 1.165) is 43.9 Å². The van der Waals surface area contributed by atoms with E-state index in [1.807, 2.05) is 36.4 Å². The number of nitrogens with one attached hydrogen (secondary N) is 1. The molecule has 5 heteroatoms. The molecule has 1 aliphatic rings. The van der Waals surface area contributed by atoms with Gasteiger partial charge < -0.3 is 4.90 Å². The highest BCUT2D eigenvalue weighted by molar-refractivity contribution is 5.83. The van der Waals surface area contributed by atoms with Crippen molar-refractivity contribution in [1.29, 1.82) is 0 Å². The van der Waals surface area contributed by atoms with Gasteiger partial charge in [0.25, 0.3) is 0 Å². The Kier molecular flexibility index (Phi) is 7.08. The molecule has 0 aliphatic carbocycles. The van der Waals surface area contributed by atoms with Gasteiger partial charge in [-0.15, -0.1) is 0 Å². The molecule has 0 saturated carbocycles. The lowest BCUT2D eigenvalue weighted by Gasteiger charge is -2.36. The monoisotopic (exact) mass is 412 g/mol. The van der Waals surface area contributed by atoms with Crippen molar-refractivity contribution in [3.8, 4) is 11.1 Å². The lowest BCUT2D eigenvalue weighted by atomic mass is 10.0. The van der Waals surface area contributed by atoms with Gasteiger partial charge in [0.05, 0.1) is 6.21 Å². The maximum absolute atomic E-state index is 12.1. The molecule has 0 aromatic heterocycles. The number of anilines is 1. The smallest absolute Gasteiger partial charge is 0.241 e. The van der Waals surface area contributed by atoms with Gasteiger partial charge in [-0.1, -0.05) is 72.8 Å². The number of piperazine rings is 1. The first-order valence-corrected chi connectivity index (χ1v) is 10.8. The van der Waals surface area contributed by atoms with E-state index in [1.54, 1.807) is 6.21 Å². The normalized spacial score (nSPS) is 14.6. The highest BCUT2D eigenvalue weighted by Crippen LogP contribution is 2.18. The van der Waals surface area contributed by atoms with Crippen molar-refractivity contribution < 1.29 is 4.79 Å². The Morgan fingerprint density at radius 3 is 2.10 bits per heavy atom. The summed E-state index contributed by atoms with van der Waals surface area (Å²) in [5, 5.41) is 4.11. The molecular weight excluding hydrogens is 384 g/mol. The van der Waals surface area contributed by atoms with Crippen LogP contribution in [0.15, 0.2) is 90.0 Å². The molecule has 158 valence electrons. The van der Waals surface area contributed by atoms with Crippen molar-refractivity contribution in [2.45, 2.75) is 6.42 Å². The van der Waals surface area contributed by atoms with Gasteiger partial charge in [-0.05, 0) is 28.8 Å². The zero-order valence-electron chi connectivity index (χ0n) is 17.7. The summed E-state index contributed by atoms with van der Waals surface area (Å²) in [4.78, 5) is 16.9. The Labute approximate surface area is 184 Å². The molecule has 1 aliphatic heterocycles. The Hall–Kier alpha value is -3.44. The topological polar surface area (TPSA) is 47.9 Å². The molecule has 1 amide bonds. The van der Waals surface area contributed by atoms with Crippen LogP contribution in [0, 0.1) is 0 Å². The van der Waals surface area contributed by atoms with E-state index < -0.39 is 0 Å². The number of rotatable bonds is 7. The number of carbonyl (C=O) groups is 1. The summed E-state index contributed by atoms with van der Waals surface area (Å²) in [6, 6.07) is 28.9. The van der Waals surface area contributed by atoms with Crippen LogP contribution in [0.3, 0.4) is 0 Å². The molecule has 0 radical (unpaired) electrons. The van der Waals surface area contributed by atoms with Gasteiger partial charge in [-0.3, -0.25) is 9.69 Å². The third-order valence-electron chi connectivity index (χ3n) is 5.57. The Bertz CT molecular complexity index is 979. The van der Waals surface area contributed by atoms with Crippen LogP contribution in [-0.4, -0.2) is 49.7 Å². The second kappa shape index (κ2) is 10.5. The number of carbonyl (C=O) groups excluding carboxylic acids is 1. The maximum Gasteiger partial charge on any atom is 0.241 e. The average Bonchev–Trinajstić information content (AvgIpc) is 2.85. The van der Waals surface area contributed by atoms with Crippen LogP contribution < -0.4 is 10.3 Å². The quantitative estimate of drug-likeness (QED) is 0.471. The van der Waals surface area contributed by atoms with E-state index in [1.165, 1.54) is 11.3 Å². The van der Waals surface area contributed by atoms with E-state index in [4.69, 9.17) is 0 Å². The zero-order valence-corrected chi connectivity index (χ0v) is 17.7. The standard InChI is InChI=1S/C26H28N4O/c31-26(15-16-29-17-19-30(20-18-29)25-9-5-2-6-10-25)28-27-21-22-11-13-24(14-12-22)23-7-3-1-4-8-23/h1-14,21H,15-20H2,(H,28,31)/b27-21+. The largest absolute Gasteiger partial charge is 0.369 e. The van der Waals surface area contributed by atoms with Gasteiger partial charge in [-0.2, -0.15) is 5.10 Å². The Morgan fingerprint density at radius 2 is 1.42 bits per heavy atom. The van der Waals surface area contributed by atoms with E-state index in [2.05, 4.69) is 68.9 Å². The molecule has 1 saturated heterocycles. The molecule has 1 N–H and O–H groups in total. The number of nitrogens with zero attached hydrogens (tertiary/aromatic N) is 3. The first-order chi connectivity index (χ1) is 15.3. The van der Waals surface area contributed by atoms with E-state index in [0.29, 0.717) is 6.42 Å². The molecule has 0 bridgehead atoms. The molecule has 31 heavy (non-hydrogen) atoms. The average molecular weight is 413 g/mol. The first kappa shape index (κ1) is 20.8. The van der Waals surface area contributed by atoms with Crippen molar-refractivity contribution in [3.63, 3.8) is 0 Å². The fourth-order valence-electron chi connectivity index (χ4n) is 3.76. The van der Waals surface area contributed by atoms with Crippen LogP contribution in [0.5, 0.6) is 0 Å². The third kappa shape index (κ3) is 6.03. The van der Waals surface area contributed by atoms with Crippen molar-refractivity contribution >= 4 is 17.8 Å². The predicted molar refractivity (Wildman–Crippen MR) is 127 cm³/mol. The Balaban J connectivity index is 1.17. The van der Waals surface area contributed by atoms with Crippen LogP contribution in [0.2, 0.25) is 0 Å². The van der Waals surface area contributed by atoms with E-state index in [9.17, 15) is 4.79 Å².